The van der Waals surface area contributed by atoms with E-state index >= 15 is 0 Å². The van der Waals surface area contributed by atoms with E-state index in [1.165, 1.54) is 4.68 Å². The summed E-state index contributed by atoms with van der Waals surface area (Å²) in [6.07, 6.45) is 7.83. The second-order valence-electron chi connectivity index (χ2n) is 21.5. The highest BCUT2D eigenvalue weighted by molar-refractivity contribution is 6.84. The lowest BCUT2D eigenvalue weighted by Gasteiger charge is -2.41. The summed E-state index contributed by atoms with van der Waals surface area (Å²) in [5.74, 6) is 13.0. The van der Waals surface area contributed by atoms with Crippen LogP contribution < -0.4 is 10.9 Å². The zero-order valence-electron chi connectivity index (χ0n) is 44.6. The number of aromatic hydroxyl groups is 2. The van der Waals surface area contributed by atoms with Gasteiger partial charge in [-0.3, -0.25) is 28.5 Å². The van der Waals surface area contributed by atoms with Gasteiger partial charge in [0, 0.05) is 59.3 Å². The zero-order chi connectivity index (χ0) is 54.5. The van der Waals surface area contributed by atoms with Crippen molar-refractivity contribution in [3.05, 3.63) is 186 Å². The van der Waals surface area contributed by atoms with Gasteiger partial charge >= 0.3 is 0 Å². The average Bonchev–Trinajstić information content (AvgIpc) is 3.36. The van der Waals surface area contributed by atoms with Crippen molar-refractivity contribution in [3.8, 4) is 58.6 Å². The van der Waals surface area contributed by atoms with Crippen molar-refractivity contribution >= 4 is 28.0 Å². The van der Waals surface area contributed by atoms with Gasteiger partial charge in [-0.2, -0.15) is 10.2 Å². The van der Waals surface area contributed by atoms with Crippen LogP contribution in [0.25, 0.3) is 0 Å². The molecule has 2 N–H and O–H groups in total. The fourth-order valence-corrected chi connectivity index (χ4v) is 10.4. The molecule has 0 bridgehead atoms. The average molecular weight is 1030 g/mol. The van der Waals surface area contributed by atoms with Crippen molar-refractivity contribution in [1.82, 2.24) is 29.4 Å². The van der Waals surface area contributed by atoms with Crippen LogP contribution in [0.2, 0.25) is 39.3 Å². The van der Waals surface area contributed by atoms with Crippen molar-refractivity contribution in [3.63, 3.8) is 0 Å². The molecule has 0 fully saturated rings. The minimum Gasteiger partial charge on any atom is -0.502 e. The SMILES string of the molecule is C#Cc1cccc(C(c2cccc(C#CC)c2)C2CN(C(C)C)C(=O)c3c(O)c(=O)cnn32)c1.CC(C)N1CC(C(c2cccc(C#C[Si](C)(C)C)c2)c2cccc(C#C[Si](C)(C)C)c2)n2ncc(=O)c(O)c2C1=O. The second-order valence-corrected chi connectivity index (χ2v) is 31.0. The van der Waals surface area contributed by atoms with Gasteiger partial charge in [-0.25, -0.2) is 0 Å². The van der Waals surface area contributed by atoms with Crippen molar-refractivity contribution in [2.45, 2.75) is 110 Å². The Morgan fingerprint density at radius 3 is 1.20 bits per heavy atom. The van der Waals surface area contributed by atoms with Crippen LogP contribution in [0.3, 0.4) is 0 Å². The van der Waals surface area contributed by atoms with Crippen molar-refractivity contribution in [1.29, 1.82) is 0 Å². The number of aromatic nitrogens is 4. The Bertz CT molecular complexity index is 3470. The minimum absolute atomic E-state index is 0.0724. The van der Waals surface area contributed by atoms with E-state index in [4.69, 9.17) is 6.42 Å². The second kappa shape index (κ2) is 22.5. The minimum atomic E-state index is -1.59. The van der Waals surface area contributed by atoms with Crippen LogP contribution in [0, 0.1) is 47.1 Å². The van der Waals surface area contributed by atoms with E-state index in [-0.39, 0.29) is 35.3 Å². The van der Waals surface area contributed by atoms with Gasteiger partial charge in [-0.15, -0.1) is 23.4 Å². The molecule has 8 rings (SSSR count). The molecule has 2 aromatic heterocycles. The Balaban J connectivity index is 0.000000222. The Labute approximate surface area is 442 Å². The zero-order valence-corrected chi connectivity index (χ0v) is 46.6. The molecule has 3 atom stereocenters. The fraction of sp³-hybridized carbons (Fsp3) is 0.311. The van der Waals surface area contributed by atoms with E-state index in [0.717, 1.165) is 56.9 Å². The first-order chi connectivity index (χ1) is 35.5. The van der Waals surface area contributed by atoms with Gasteiger partial charge < -0.3 is 20.0 Å². The predicted octanol–water partition coefficient (Wildman–Crippen LogP) is 9.18. The highest BCUT2D eigenvalue weighted by atomic mass is 28.3. The number of benzene rings is 4. The largest absolute Gasteiger partial charge is 0.502 e. The number of terminal acetylenes is 1. The van der Waals surface area contributed by atoms with Crippen LogP contribution >= 0.6 is 0 Å². The molecule has 14 heteroatoms. The van der Waals surface area contributed by atoms with Crippen LogP contribution in [0.15, 0.2) is 119 Å². The standard InChI is InChI=1S/C33H39N3O3Si2.C28H25N3O3/c1-23(2)35-22-28(36-31(33(35)39)32(38)29(37)21-34-36)30(26-13-9-11-24(19-26)15-17-40(3,4)5)27-14-10-12-25(20-27)16-18-41(6,7)8;1-5-9-20-11-8-13-22(15-20)25(21-12-7-10-19(6-2)14-21)23-17-30(18(3)4)28(34)26-27(33)24(32)16-29-31(23)26/h9-14,19-21,23,28,30,38H,22H2,1-8H3;2,7-8,10-16,18,23,25,33H,17H2,1,3-4H3. The number of nitrogens with zero attached hydrogens (tertiary/aromatic N) is 6. The van der Waals surface area contributed by atoms with Gasteiger partial charge in [-0.1, -0.05) is 111 Å². The molecule has 2 aliphatic heterocycles. The van der Waals surface area contributed by atoms with E-state index in [0.29, 0.717) is 13.1 Å². The summed E-state index contributed by atoms with van der Waals surface area (Å²) in [5, 5.41) is 30.1. The molecule has 0 saturated heterocycles. The molecule has 0 aliphatic carbocycles. The highest BCUT2D eigenvalue weighted by Crippen LogP contribution is 2.42. The summed E-state index contributed by atoms with van der Waals surface area (Å²) in [7, 11) is -3.18. The lowest BCUT2D eigenvalue weighted by molar-refractivity contribution is 0.0562. The van der Waals surface area contributed by atoms with Gasteiger partial charge in [0.05, 0.1) is 24.5 Å². The van der Waals surface area contributed by atoms with Crippen LogP contribution in [0.1, 0.15) is 124 Å². The van der Waals surface area contributed by atoms with Crippen LogP contribution in [0.5, 0.6) is 11.5 Å². The number of fused-ring (bicyclic) bond motifs is 2. The first kappa shape index (κ1) is 54.6. The molecular formula is C61H64N6O6Si2. The maximum absolute atomic E-state index is 13.5. The molecular weight excluding hydrogens is 969 g/mol. The van der Waals surface area contributed by atoms with Gasteiger partial charge in [0.15, 0.2) is 22.9 Å². The summed E-state index contributed by atoms with van der Waals surface area (Å²) >= 11 is 0. The smallest absolute Gasteiger partial charge is 0.276 e. The van der Waals surface area contributed by atoms with Crippen molar-refractivity contribution < 1.29 is 19.8 Å². The summed E-state index contributed by atoms with van der Waals surface area (Å²) in [6, 6.07) is 30.9. The topological polar surface area (TPSA) is 151 Å². The first-order valence-corrected chi connectivity index (χ1v) is 32.1. The quantitative estimate of drug-likeness (QED) is 0.113. The molecule has 2 amide bonds. The van der Waals surface area contributed by atoms with E-state index in [1.54, 1.807) is 21.4 Å². The Morgan fingerprint density at radius 2 is 0.880 bits per heavy atom. The number of carbonyl (C=O) groups excluding carboxylic acids is 2. The van der Waals surface area contributed by atoms with E-state index in [2.05, 4.69) is 114 Å². The van der Waals surface area contributed by atoms with Crippen LogP contribution in [-0.2, 0) is 0 Å². The first-order valence-electron chi connectivity index (χ1n) is 25.1. The third-order valence-corrected chi connectivity index (χ3v) is 14.6. The molecule has 4 heterocycles. The molecule has 3 unspecified atom stereocenters. The number of hydrogen-bond acceptors (Lipinski definition) is 8. The molecule has 12 nitrogen and oxygen atoms in total. The number of rotatable bonds is 8. The fourth-order valence-electron chi connectivity index (χ4n) is 9.39. The van der Waals surface area contributed by atoms with Crippen molar-refractivity contribution in [2.24, 2.45) is 0 Å². The Hall–Kier alpha value is -8.15. The molecule has 382 valence electrons. The van der Waals surface area contributed by atoms with E-state index in [1.807, 2.05) is 100 Å². The third-order valence-electron chi connectivity index (χ3n) is 12.9. The van der Waals surface area contributed by atoms with Crippen molar-refractivity contribution in [2.75, 3.05) is 13.1 Å². The molecule has 75 heavy (non-hydrogen) atoms. The highest BCUT2D eigenvalue weighted by Gasteiger charge is 2.42. The Morgan fingerprint density at radius 1 is 0.547 bits per heavy atom. The molecule has 0 spiro atoms. The maximum Gasteiger partial charge on any atom is 0.276 e. The normalized spacial score (nSPS) is 15.5. The molecule has 0 radical (unpaired) electrons. The van der Waals surface area contributed by atoms with Gasteiger partial charge in [-0.05, 0) is 105 Å². The van der Waals surface area contributed by atoms with Crippen LogP contribution in [0.4, 0.5) is 0 Å². The van der Waals surface area contributed by atoms with Gasteiger partial charge in [0.1, 0.15) is 16.1 Å². The number of hydrogen-bond donors (Lipinski definition) is 2. The lowest BCUT2D eigenvalue weighted by atomic mass is 9.82. The summed E-state index contributed by atoms with van der Waals surface area (Å²) < 4.78 is 3.03. The Kier molecular flexibility index (Phi) is 16.4. The summed E-state index contributed by atoms with van der Waals surface area (Å²) in [5.41, 5.74) is 12.8. The third kappa shape index (κ3) is 12.5. The lowest BCUT2D eigenvalue weighted by Crippen LogP contribution is -2.49. The molecule has 6 aromatic rings. The molecule has 2 aliphatic rings. The monoisotopic (exact) mass is 1030 g/mol. The van der Waals surface area contributed by atoms with E-state index in [9.17, 15) is 29.4 Å². The molecule has 0 saturated carbocycles. The maximum atomic E-state index is 13.5. The molecule has 4 aromatic carbocycles. The van der Waals surface area contributed by atoms with Gasteiger partial charge in [0.25, 0.3) is 11.8 Å². The number of amides is 2. The van der Waals surface area contributed by atoms with E-state index < -0.39 is 62.4 Å². The van der Waals surface area contributed by atoms with Crippen LogP contribution in [-0.4, -0.2) is 92.7 Å². The van der Waals surface area contributed by atoms with Gasteiger partial charge in [0.2, 0.25) is 10.9 Å². The predicted molar refractivity (Wildman–Crippen MR) is 301 cm³/mol. The summed E-state index contributed by atoms with van der Waals surface area (Å²) in [6.45, 7) is 23.5. The number of carbonyl (C=O) groups is 2. The summed E-state index contributed by atoms with van der Waals surface area (Å²) in [4.78, 5) is 54.7.